The van der Waals surface area contributed by atoms with E-state index in [2.05, 4.69) is 4.98 Å². The molecule has 0 atom stereocenters. The highest BCUT2D eigenvalue weighted by molar-refractivity contribution is 5.92. The van der Waals surface area contributed by atoms with E-state index in [0.717, 1.165) is 5.39 Å². The highest BCUT2D eigenvalue weighted by Gasteiger charge is 2.19. The zero-order valence-electron chi connectivity index (χ0n) is 9.28. The molecule has 1 aromatic carbocycles. The van der Waals surface area contributed by atoms with Crippen LogP contribution >= 0.6 is 0 Å². The van der Waals surface area contributed by atoms with E-state index in [1.54, 1.807) is 0 Å². The fourth-order valence-corrected chi connectivity index (χ4v) is 1.93. The maximum atomic E-state index is 11.5. The lowest BCUT2D eigenvalue weighted by Crippen LogP contribution is -2.06. The SMILES string of the molecule is CCOc1cc(=O)[nH]c2c3c(ccc12)OCO3. The van der Waals surface area contributed by atoms with Crippen LogP contribution in [0.5, 0.6) is 17.2 Å². The van der Waals surface area contributed by atoms with Crippen molar-refractivity contribution in [2.24, 2.45) is 0 Å². The molecule has 1 aromatic heterocycles. The monoisotopic (exact) mass is 233 g/mol. The highest BCUT2D eigenvalue weighted by Crippen LogP contribution is 2.39. The Bertz CT molecular complexity index is 632. The quantitative estimate of drug-likeness (QED) is 0.856. The van der Waals surface area contributed by atoms with Gasteiger partial charge in [-0.15, -0.1) is 0 Å². The van der Waals surface area contributed by atoms with Crippen molar-refractivity contribution in [3.63, 3.8) is 0 Å². The molecule has 2 aromatic rings. The number of H-pyrrole nitrogens is 1. The molecular weight excluding hydrogens is 222 g/mol. The smallest absolute Gasteiger partial charge is 0.252 e. The Hall–Kier alpha value is -2.17. The van der Waals surface area contributed by atoms with Crippen molar-refractivity contribution in [3.05, 3.63) is 28.6 Å². The lowest BCUT2D eigenvalue weighted by molar-refractivity contribution is 0.174. The summed E-state index contributed by atoms with van der Waals surface area (Å²) in [6.07, 6.45) is 0. The third-order valence-electron chi connectivity index (χ3n) is 2.61. The molecule has 1 aliphatic rings. The minimum Gasteiger partial charge on any atom is -0.493 e. The lowest BCUT2D eigenvalue weighted by atomic mass is 10.2. The minimum absolute atomic E-state index is 0.176. The predicted octanol–water partition coefficient (Wildman–Crippen LogP) is 1.66. The predicted molar refractivity (Wildman–Crippen MR) is 61.9 cm³/mol. The molecule has 0 radical (unpaired) electrons. The summed E-state index contributed by atoms with van der Waals surface area (Å²) in [6, 6.07) is 5.10. The van der Waals surface area contributed by atoms with Gasteiger partial charge in [-0.25, -0.2) is 0 Å². The van der Waals surface area contributed by atoms with E-state index < -0.39 is 0 Å². The lowest BCUT2D eigenvalue weighted by Gasteiger charge is -2.08. The van der Waals surface area contributed by atoms with Gasteiger partial charge >= 0.3 is 0 Å². The Morgan fingerprint density at radius 1 is 1.41 bits per heavy atom. The van der Waals surface area contributed by atoms with E-state index in [9.17, 15) is 4.79 Å². The third kappa shape index (κ3) is 1.51. The standard InChI is InChI=1S/C12H11NO4/c1-2-15-9-5-10(14)13-11-7(9)3-4-8-12(11)17-6-16-8/h3-5H,2,6H2,1H3,(H,13,14). The summed E-state index contributed by atoms with van der Waals surface area (Å²) in [5.41, 5.74) is 0.404. The second-order valence-electron chi connectivity index (χ2n) is 3.65. The van der Waals surface area contributed by atoms with Gasteiger partial charge in [-0.05, 0) is 19.1 Å². The average molecular weight is 233 g/mol. The first-order valence-electron chi connectivity index (χ1n) is 5.38. The summed E-state index contributed by atoms with van der Waals surface area (Å²) in [6.45, 7) is 2.56. The summed E-state index contributed by atoms with van der Waals surface area (Å²) in [7, 11) is 0. The van der Waals surface area contributed by atoms with E-state index in [1.165, 1.54) is 6.07 Å². The fraction of sp³-hybridized carbons (Fsp3) is 0.250. The zero-order chi connectivity index (χ0) is 11.8. The molecule has 17 heavy (non-hydrogen) atoms. The Balaban J connectivity index is 2.34. The van der Waals surface area contributed by atoms with Gasteiger partial charge in [0, 0.05) is 11.5 Å². The van der Waals surface area contributed by atoms with Gasteiger partial charge in [-0.2, -0.15) is 0 Å². The number of hydrogen-bond acceptors (Lipinski definition) is 4. The number of ether oxygens (including phenoxy) is 3. The van der Waals surface area contributed by atoms with Crippen molar-refractivity contribution in [3.8, 4) is 17.2 Å². The molecule has 0 saturated heterocycles. The van der Waals surface area contributed by atoms with Crippen LogP contribution in [0.1, 0.15) is 6.92 Å². The maximum Gasteiger partial charge on any atom is 0.252 e. The molecule has 2 heterocycles. The number of nitrogens with one attached hydrogen (secondary N) is 1. The first-order chi connectivity index (χ1) is 8.29. The van der Waals surface area contributed by atoms with Crippen LogP contribution in [0, 0.1) is 0 Å². The fourth-order valence-electron chi connectivity index (χ4n) is 1.93. The number of aromatic nitrogens is 1. The molecule has 1 N–H and O–H groups in total. The minimum atomic E-state index is -0.218. The number of rotatable bonds is 2. The number of hydrogen-bond donors (Lipinski definition) is 1. The maximum absolute atomic E-state index is 11.5. The van der Waals surface area contributed by atoms with Gasteiger partial charge in [-0.3, -0.25) is 4.79 Å². The molecule has 0 amide bonds. The molecule has 0 aliphatic carbocycles. The van der Waals surface area contributed by atoms with Crippen LogP contribution in [0.3, 0.4) is 0 Å². The summed E-state index contributed by atoms with van der Waals surface area (Å²) >= 11 is 0. The molecule has 3 rings (SSSR count). The summed E-state index contributed by atoms with van der Waals surface area (Å²) in [5, 5.41) is 0.815. The molecule has 5 nitrogen and oxygen atoms in total. The van der Waals surface area contributed by atoms with Crippen LogP contribution in [0.2, 0.25) is 0 Å². The number of aromatic amines is 1. The summed E-state index contributed by atoms with van der Waals surface area (Å²) in [5.74, 6) is 1.77. The number of fused-ring (bicyclic) bond motifs is 3. The van der Waals surface area contributed by atoms with E-state index in [1.807, 2.05) is 19.1 Å². The molecular formula is C12H11NO4. The molecule has 0 unspecified atom stereocenters. The Labute approximate surface area is 96.9 Å². The van der Waals surface area contributed by atoms with Crippen LogP contribution in [0.15, 0.2) is 23.0 Å². The second kappa shape index (κ2) is 3.69. The number of pyridine rings is 1. The second-order valence-corrected chi connectivity index (χ2v) is 3.65. The third-order valence-corrected chi connectivity index (χ3v) is 2.61. The average Bonchev–Trinajstić information content (AvgIpc) is 2.77. The van der Waals surface area contributed by atoms with Crippen LogP contribution in [-0.2, 0) is 0 Å². The van der Waals surface area contributed by atoms with Crippen LogP contribution in [0.4, 0.5) is 0 Å². The Morgan fingerprint density at radius 2 is 2.29 bits per heavy atom. The van der Waals surface area contributed by atoms with Gasteiger partial charge in [0.1, 0.15) is 5.75 Å². The molecule has 88 valence electrons. The van der Waals surface area contributed by atoms with Crippen LogP contribution < -0.4 is 19.8 Å². The van der Waals surface area contributed by atoms with E-state index in [4.69, 9.17) is 14.2 Å². The Morgan fingerprint density at radius 3 is 3.12 bits per heavy atom. The topological polar surface area (TPSA) is 60.6 Å². The van der Waals surface area contributed by atoms with Crippen molar-refractivity contribution < 1.29 is 14.2 Å². The van der Waals surface area contributed by atoms with Gasteiger partial charge in [0.2, 0.25) is 6.79 Å². The highest BCUT2D eigenvalue weighted by atomic mass is 16.7. The van der Waals surface area contributed by atoms with Crippen molar-refractivity contribution in [2.45, 2.75) is 6.92 Å². The summed E-state index contributed by atoms with van der Waals surface area (Å²) in [4.78, 5) is 14.3. The Kier molecular flexibility index (Phi) is 2.18. The molecule has 0 spiro atoms. The van der Waals surface area contributed by atoms with Crippen LogP contribution in [-0.4, -0.2) is 18.4 Å². The van der Waals surface area contributed by atoms with Crippen molar-refractivity contribution in [1.29, 1.82) is 0 Å². The van der Waals surface area contributed by atoms with Gasteiger partial charge in [0.15, 0.2) is 11.5 Å². The van der Waals surface area contributed by atoms with Gasteiger partial charge < -0.3 is 19.2 Å². The zero-order valence-corrected chi connectivity index (χ0v) is 9.28. The van der Waals surface area contributed by atoms with E-state index >= 15 is 0 Å². The molecule has 0 bridgehead atoms. The van der Waals surface area contributed by atoms with Crippen molar-refractivity contribution in [1.82, 2.24) is 4.98 Å². The molecule has 1 aliphatic heterocycles. The number of benzene rings is 1. The molecule has 0 saturated carbocycles. The largest absolute Gasteiger partial charge is 0.493 e. The summed E-state index contributed by atoms with van der Waals surface area (Å²) < 4.78 is 16.1. The first kappa shape index (κ1) is 10.0. The van der Waals surface area contributed by atoms with Crippen molar-refractivity contribution in [2.75, 3.05) is 13.4 Å². The van der Waals surface area contributed by atoms with E-state index in [0.29, 0.717) is 29.4 Å². The molecule has 5 heteroatoms. The van der Waals surface area contributed by atoms with Gasteiger partial charge in [0.05, 0.1) is 12.1 Å². The molecule has 0 fully saturated rings. The first-order valence-corrected chi connectivity index (χ1v) is 5.38. The van der Waals surface area contributed by atoms with Gasteiger partial charge in [0.25, 0.3) is 5.56 Å². The van der Waals surface area contributed by atoms with Crippen LogP contribution in [0.25, 0.3) is 10.9 Å². The normalized spacial score (nSPS) is 13.0. The van der Waals surface area contributed by atoms with Crippen molar-refractivity contribution >= 4 is 10.9 Å². The van der Waals surface area contributed by atoms with Gasteiger partial charge in [-0.1, -0.05) is 0 Å². The van der Waals surface area contributed by atoms with E-state index in [-0.39, 0.29) is 12.4 Å².